The first-order valence-corrected chi connectivity index (χ1v) is 10.6. The van der Waals surface area contributed by atoms with Crippen molar-refractivity contribution in [2.75, 3.05) is 16.3 Å². The van der Waals surface area contributed by atoms with Gasteiger partial charge in [0.05, 0.1) is 23.7 Å². The smallest absolute Gasteiger partial charge is 0.322 e. The van der Waals surface area contributed by atoms with Crippen LogP contribution in [0.5, 0.6) is 0 Å². The number of sulfonamides is 1. The van der Waals surface area contributed by atoms with E-state index in [9.17, 15) is 30.8 Å². The van der Waals surface area contributed by atoms with E-state index in [1.807, 2.05) is 0 Å². The van der Waals surface area contributed by atoms with Gasteiger partial charge in [-0.25, -0.2) is 17.8 Å². The lowest BCUT2D eigenvalue weighted by Crippen LogP contribution is -2.13. The molecular formula is C18H13ClF4N4O3S. The number of hydrogen-bond acceptors (Lipinski definition) is 4. The number of pyridine rings is 1. The summed E-state index contributed by atoms with van der Waals surface area (Å²) >= 11 is 5.91. The lowest BCUT2D eigenvalue weighted by Gasteiger charge is -2.10. The van der Waals surface area contributed by atoms with Gasteiger partial charge in [-0.3, -0.25) is 14.1 Å². The predicted octanol–water partition coefficient (Wildman–Crippen LogP) is 4.31. The molecular weight excluding hydrogens is 464 g/mol. The second-order valence-corrected chi connectivity index (χ2v) is 8.56. The Hall–Kier alpha value is -3.12. The Morgan fingerprint density at radius 2 is 1.81 bits per heavy atom. The minimum atomic E-state index is -4.82. The average molecular weight is 477 g/mol. The van der Waals surface area contributed by atoms with Gasteiger partial charge in [-0.05, 0) is 36.4 Å². The largest absolute Gasteiger partial charge is 0.431 e. The van der Waals surface area contributed by atoms with Crippen molar-refractivity contribution in [2.45, 2.75) is 6.18 Å². The lowest BCUT2D eigenvalue weighted by molar-refractivity contribution is -0.142. The van der Waals surface area contributed by atoms with Crippen LogP contribution in [0.1, 0.15) is 16.1 Å². The van der Waals surface area contributed by atoms with Crippen LogP contribution in [0.15, 0.2) is 48.8 Å². The summed E-state index contributed by atoms with van der Waals surface area (Å²) in [6.45, 7) is 0. The molecule has 0 saturated carbocycles. The number of amides is 1. The molecule has 0 bridgehead atoms. The highest BCUT2D eigenvalue weighted by Gasteiger charge is 2.36. The lowest BCUT2D eigenvalue weighted by atomic mass is 10.2. The summed E-state index contributed by atoms with van der Waals surface area (Å²) in [7, 11) is -3.63. The average Bonchev–Trinajstić information content (AvgIpc) is 3.06. The summed E-state index contributed by atoms with van der Waals surface area (Å²) < 4.78 is 78.9. The first-order valence-electron chi connectivity index (χ1n) is 8.33. The van der Waals surface area contributed by atoms with Gasteiger partial charge in [0, 0.05) is 16.9 Å². The Labute approximate surface area is 178 Å². The van der Waals surface area contributed by atoms with Crippen LogP contribution in [-0.2, 0) is 16.2 Å². The Bertz CT molecular complexity index is 1240. The molecule has 0 aliphatic heterocycles. The zero-order valence-electron chi connectivity index (χ0n) is 15.5. The van der Waals surface area contributed by atoms with Crippen LogP contribution in [0, 0.1) is 5.82 Å². The summed E-state index contributed by atoms with van der Waals surface area (Å²) in [5.41, 5.74) is -1.46. The van der Waals surface area contributed by atoms with Gasteiger partial charge in [0.25, 0.3) is 5.91 Å². The normalized spacial score (nSPS) is 11.9. The van der Waals surface area contributed by atoms with Gasteiger partial charge in [-0.15, -0.1) is 0 Å². The van der Waals surface area contributed by atoms with Crippen molar-refractivity contribution in [2.24, 2.45) is 0 Å². The summed E-state index contributed by atoms with van der Waals surface area (Å²) in [6.07, 6.45) is -2.26. The predicted molar refractivity (Wildman–Crippen MR) is 106 cm³/mol. The van der Waals surface area contributed by atoms with E-state index in [1.54, 1.807) is 0 Å². The van der Waals surface area contributed by atoms with Gasteiger partial charge in [0.15, 0.2) is 0 Å². The third-order valence-corrected chi connectivity index (χ3v) is 4.61. The summed E-state index contributed by atoms with van der Waals surface area (Å²) in [5, 5.41) is 2.44. The van der Waals surface area contributed by atoms with E-state index in [-0.39, 0.29) is 27.8 Å². The van der Waals surface area contributed by atoms with E-state index in [1.165, 1.54) is 18.2 Å². The van der Waals surface area contributed by atoms with Crippen molar-refractivity contribution in [3.63, 3.8) is 0 Å². The van der Waals surface area contributed by atoms with Crippen LogP contribution in [-0.4, -0.2) is 30.1 Å². The molecule has 3 aromatic rings. The second-order valence-electron chi connectivity index (χ2n) is 6.37. The molecule has 0 unspecified atom stereocenters. The molecule has 1 aromatic carbocycles. The minimum Gasteiger partial charge on any atom is -0.322 e. The molecule has 164 valence electrons. The van der Waals surface area contributed by atoms with Gasteiger partial charge < -0.3 is 5.32 Å². The fraction of sp³-hybridized carbons (Fsp3) is 0.111. The molecule has 0 radical (unpaired) electrons. The number of benzene rings is 1. The number of alkyl halides is 3. The third kappa shape index (κ3) is 5.73. The molecule has 0 saturated heterocycles. The van der Waals surface area contributed by atoms with Crippen molar-refractivity contribution < 1.29 is 30.8 Å². The molecule has 7 nitrogen and oxygen atoms in total. The van der Waals surface area contributed by atoms with Crippen molar-refractivity contribution in [3.05, 3.63) is 70.9 Å². The van der Waals surface area contributed by atoms with Crippen molar-refractivity contribution in [1.82, 2.24) is 9.55 Å². The summed E-state index contributed by atoms with van der Waals surface area (Å²) in [6, 6.07) is 6.40. The summed E-state index contributed by atoms with van der Waals surface area (Å²) in [5.74, 6) is -1.89. The molecule has 31 heavy (non-hydrogen) atoms. The van der Waals surface area contributed by atoms with Crippen LogP contribution in [0.3, 0.4) is 0 Å². The molecule has 13 heteroatoms. The van der Waals surface area contributed by atoms with Gasteiger partial charge in [-0.1, -0.05) is 11.6 Å². The van der Waals surface area contributed by atoms with Gasteiger partial charge >= 0.3 is 6.18 Å². The zero-order chi connectivity index (χ0) is 23.0. The number of rotatable bonds is 5. The molecule has 0 aliphatic rings. The van der Waals surface area contributed by atoms with E-state index >= 15 is 0 Å². The zero-order valence-corrected chi connectivity index (χ0v) is 17.1. The highest BCUT2D eigenvalue weighted by atomic mass is 35.5. The van der Waals surface area contributed by atoms with E-state index in [0.29, 0.717) is 10.6 Å². The maximum atomic E-state index is 13.4. The first-order chi connectivity index (χ1) is 14.3. The topological polar surface area (TPSA) is 93.1 Å². The highest BCUT2D eigenvalue weighted by Crippen LogP contribution is 2.33. The number of halogens is 5. The van der Waals surface area contributed by atoms with Gasteiger partial charge in [0.2, 0.25) is 10.0 Å². The van der Waals surface area contributed by atoms with E-state index in [2.05, 4.69) is 15.0 Å². The molecule has 2 N–H and O–H groups in total. The van der Waals surface area contributed by atoms with E-state index < -0.39 is 33.6 Å². The Morgan fingerprint density at radius 3 is 2.39 bits per heavy atom. The quantitative estimate of drug-likeness (QED) is 0.537. The number of carbonyl (C=O) groups is 1. The van der Waals surface area contributed by atoms with Crippen molar-refractivity contribution >= 4 is 38.9 Å². The van der Waals surface area contributed by atoms with Gasteiger partial charge in [-0.2, -0.15) is 13.2 Å². The van der Waals surface area contributed by atoms with Crippen molar-refractivity contribution in [1.29, 1.82) is 0 Å². The van der Waals surface area contributed by atoms with Crippen LogP contribution in [0.25, 0.3) is 5.82 Å². The minimum absolute atomic E-state index is 0.0462. The first kappa shape index (κ1) is 22.6. The third-order valence-electron chi connectivity index (χ3n) is 3.79. The maximum Gasteiger partial charge on any atom is 0.431 e. The molecule has 2 aromatic heterocycles. The second kappa shape index (κ2) is 8.19. The van der Waals surface area contributed by atoms with Crippen LogP contribution in [0.4, 0.5) is 28.9 Å². The Morgan fingerprint density at radius 1 is 1.13 bits per heavy atom. The monoisotopic (exact) mass is 476 g/mol. The van der Waals surface area contributed by atoms with E-state index in [0.717, 1.165) is 30.8 Å². The molecule has 1 amide bonds. The summed E-state index contributed by atoms with van der Waals surface area (Å²) in [4.78, 5) is 16.2. The van der Waals surface area contributed by atoms with Crippen LogP contribution >= 0.6 is 11.6 Å². The van der Waals surface area contributed by atoms with Crippen LogP contribution in [0.2, 0.25) is 5.02 Å². The SMILES string of the molecule is CS(=O)(=O)Nc1cc(Cl)cc(NC(=O)c2cc(C(F)(F)F)n(-c3ccc(F)cn3)c2)c1. The highest BCUT2D eigenvalue weighted by molar-refractivity contribution is 7.92. The molecule has 0 aliphatic carbocycles. The maximum absolute atomic E-state index is 13.4. The van der Waals surface area contributed by atoms with Gasteiger partial charge in [0.1, 0.15) is 17.3 Å². The Balaban J connectivity index is 1.95. The number of anilines is 2. The molecule has 3 rings (SSSR count). The number of nitrogens with one attached hydrogen (secondary N) is 2. The molecule has 0 fully saturated rings. The molecule has 0 spiro atoms. The fourth-order valence-corrected chi connectivity index (χ4v) is 3.42. The number of nitrogens with zero attached hydrogens (tertiary/aromatic N) is 2. The van der Waals surface area contributed by atoms with E-state index in [4.69, 9.17) is 11.6 Å². The number of carbonyl (C=O) groups excluding carboxylic acids is 1. The van der Waals surface area contributed by atoms with Crippen LogP contribution < -0.4 is 10.0 Å². The fourth-order valence-electron chi connectivity index (χ4n) is 2.64. The standard InChI is InChI=1S/C18H13ClF4N4O3S/c1-31(29,30)26-14-6-11(19)5-13(7-14)25-17(28)10-4-15(18(21,22)23)27(9-10)16-3-2-12(20)8-24-16/h2-9,26H,1H3,(H,25,28). The number of aromatic nitrogens is 2. The molecule has 0 atom stereocenters. The Kier molecular flexibility index (Phi) is 5.96. The van der Waals surface area contributed by atoms with Crippen molar-refractivity contribution in [3.8, 4) is 5.82 Å². The molecule has 2 heterocycles. The number of hydrogen-bond donors (Lipinski definition) is 2.